The molecular formula is C12H21N3O4S2. The smallest absolute Gasteiger partial charge is 0.211 e. The molecule has 0 aliphatic rings. The van der Waals surface area contributed by atoms with Gasteiger partial charge in [-0.3, -0.25) is 4.98 Å². The van der Waals surface area contributed by atoms with E-state index in [9.17, 15) is 16.8 Å². The second kappa shape index (κ2) is 7.83. The summed E-state index contributed by atoms with van der Waals surface area (Å²) < 4.78 is 50.2. The highest BCUT2D eigenvalue weighted by Crippen LogP contribution is 2.06. The maximum Gasteiger partial charge on any atom is 0.211 e. The largest absolute Gasteiger partial charge is 0.264 e. The Bertz CT molecular complexity index is 630. The fourth-order valence-electron chi connectivity index (χ4n) is 1.72. The van der Waals surface area contributed by atoms with Crippen molar-refractivity contribution in [2.75, 3.05) is 25.1 Å². The van der Waals surface area contributed by atoms with Crippen LogP contribution in [0.25, 0.3) is 0 Å². The van der Waals surface area contributed by atoms with Gasteiger partial charge in [0, 0.05) is 32.0 Å². The maximum atomic E-state index is 11.7. The van der Waals surface area contributed by atoms with Gasteiger partial charge >= 0.3 is 0 Å². The first-order valence-electron chi connectivity index (χ1n) is 6.56. The molecule has 1 N–H and O–H groups in total. The Labute approximate surface area is 126 Å². The van der Waals surface area contributed by atoms with Gasteiger partial charge in [-0.15, -0.1) is 0 Å². The first-order chi connectivity index (χ1) is 9.74. The van der Waals surface area contributed by atoms with Crippen molar-refractivity contribution < 1.29 is 16.8 Å². The SMILES string of the molecule is CCCS(=O)(=O)NCCN(Cc1cccnc1)S(C)(=O)=O. The van der Waals surface area contributed by atoms with Crippen LogP contribution in [0.2, 0.25) is 0 Å². The van der Waals surface area contributed by atoms with E-state index in [-0.39, 0.29) is 25.4 Å². The van der Waals surface area contributed by atoms with Crippen LogP contribution in [0.4, 0.5) is 0 Å². The fourth-order valence-corrected chi connectivity index (χ4v) is 3.61. The molecule has 1 aromatic rings. The van der Waals surface area contributed by atoms with Crippen LogP contribution >= 0.6 is 0 Å². The molecular weight excluding hydrogens is 314 g/mol. The third-order valence-corrected chi connectivity index (χ3v) is 5.55. The highest BCUT2D eigenvalue weighted by Gasteiger charge is 2.18. The standard InChI is InChI=1S/C12H21N3O4S2/c1-3-9-21(18,19)14-7-8-15(20(2,16)17)11-12-5-4-6-13-10-12/h4-6,10,14H,3,7-9,11H2,1-2H3. The molecule has 1 rings (SSSR count). The van der Waals surface area contributed by atoms with Crippen LogP contribution < -0.4 is 4.72 Å². The summed E-state index contributed by atoms with van der Waals surface area (Å²) in [6.07, 6.45) is 4.80. The van der Waals surface area contributed by atoms with Crippen molar-refractivity contribution in [3.05, 3.63) is 30.1 Å². The quantitative estimate of drug-likeness (QED) is 0.694. The second-order valence-electron chi connectivity index (χ2n) is 4.67. The first-order valence-corrected chi connectivity index (χ1v) is 10.1. The summed E-state index contributed by atoms with van der Waals surface area (Å²) in [5, 5.41) is 0. The number of pyridine rings is 1. The van der Waals surface area contributed by atoms with E-state index in [2.05, 4.69) is 9.71 Å². The first kappa shape index (κ1) is 18.0. The third kappa shape index (κ3) is 6.98. The number of rotatable bonds is 9. The minimum absolute atomic E-state index is 0.0362. The Hall–Kier alpha value is -1.03. The number of nitrogens with one attached hydrogen (secondary N) is 1. The zero-order valence-corrected chi connectivity index (χ0v) is 13.8. The molecule has 0 fully saturated rings. The molecule has 1 heterocycles. The average Bonchev–Trinajstić information content (AvgIpc) is 2.37. The number of hydrogen-bond donors (Lipinski definition) is 1. The lowest BCUT2D eigenvalue weighted by atomic mass is 10.3. The molecule has 0 aromatic carbocycles. The van der Waals surface area contributed by atoms with E-state index in [4.69, 9.17) is 0 Å². The van der Waals surface area contributed by atoms with E-state index in [1.807, 2.05) is 0 Å². The summed E-state index contributed by atoms with van der Waals surface area (Å²) in [4.78, 5) is 3.93. The molecule has 0 saturated heterocycles. The van der Waals surface area contributed by atoms with E-state index in [0.29, 0.717) is 6.42 Å². The van der Waals surface area contributed by atoms with Gasteiger partial charge in [0.1, 0.15) is 0 Å². The monoisotopic (exact) mass is 335 g/mol. The molecule has 0 aliphatic carbocycles. The van der Waals surface area contributed by atoms with Crippen LogP contribution in [0, 0.1) is 0 Å². The van der Waals surface area contributed by atoms with Crippen LogP contribution in [0.3, 0.4) is 0 Å². The van der Waals surface area contributed by atoms with Crippen LogP contribution in [0.1, 0.15) is 18.9 Å². The Kier molecular flexibility index (Phi) is 6.72. The topological polar surface area (TPSA) is 96.4 Å². The summed E-state index contributed by atoms with van der Waals surface area (Å²) in [6, 6.07) is 3.49. The van der Waals surface area contributed by atoms with Crippen molar-refractivity contribution in [3.8, 4) is 0 Å². The van der Waals surface area contributed by atoms with Crippen molar-refractivity contribution in [2.45, 2.75) is 19.9 Å². The Morgan fingerprint density at radius 1 is 1.29 bits per heavy atom. The molecule has 0 atom stereocenters. The molecule has 9 heteroatoms. The van der Waals surface area contributed by atoms with Gasteiger partial charge in [0.15, 0.2) is 0 Å². The normalized spacial score (nSPS) is 12.7. The lowest BCUT2D eigenvalue weighted by Crippen LogP contribution is -2.38. The van der Waals surface area contributed by atoms with E-state index < -0.39 is 20.0 Å². The molecule has 0 bridgehead atoms. The van der Waals surface area contributed by atoms with E-state index in [1.165, 1.54) is 4.31 Å². The van der Waals surface area contributed by atoms with E-state index >= 15 is 0 Å². The minimum Gasteiger partial charge on any atom is -0.264 e. The van der Waals surface area contributed by atoms with Crippen molar-refractivity contribution in [1.29, 1.82) is 0 Å². The minimum atomic E-state index is -3.42. The molecule has 21 heavy (non-hydrogen) atoms. The summed E-state index contributed by atoms with van der Waals surface area (Å²) in [6.45, 7) is 2.07. The molecule has 0 radical (unpaired) electrons. The fraction of sp³-hybridized carbons (Fsp3) is 0.583. The van der Waals surface area contributed by atoms with Gasteiger partial charge in [0.05, 0.1) is 12.0 Å². The second-order valence-corrected chi connectivity index (χ2v) is 8.58. The van der Waals surface area contributed by atoms with E-state index in [0.717, 1.165) is 11.8 Å². The Balaban J connectivity index is 2.65. The van der Waals surface area contributed by atoms with Crippen LogP contribution in [0.5, 0.6) is 0 Å². The van der Waals surface area contributed by atoms with Crippen LogP contribution in [0.15, 0.2) is 24.5 Å². The highest BCUT2D eigenvalue weighted by atomic mass is 32.2. The number of aromatic nitrogens is 1. The lowest BCUT2D eigenvalue weighted by molar-refractivity contribution is 0.412. The van der Waals surface area contributed by atoms with Crippen molar-refractivity contribution in [2.24, 2.45) is 0 Å². The molecule has 0 amide bonds. The molecule has 0 unspecified atom stereocenters. The Morgan fingerprint density at radius 3 is 2.52 bits per heavy atom. The predicted molar refractivity (Wildman–Crippen MR) is 81.6 cm³/mol. The maximum absolute atomic E-state index is 11.7. The number of sulfonamides is 2. The third-order valence-electron chi connectivity index (χ3n) is 2.71. The lowest BCUT2D eigenvalue weighted by Gasteiger charge is -2.20. The molecule has 1 aromatic heterocycles. The Morgan fingerprint density at radius 2 is 2.00 bits per heavy atom. The van der Waals surface area contributed by atoms with Gasteiger partial charge in [0.2, 0.25) is 20.0 Å². The average molecular weight is 335 g/mol. The molecule has 0 saturated carbocycles. The zero-order chi connectivity index (χ0) is 15.9. The van der Waals surface area contributed by atoms with Gasteiger partial charge in [-0.25, -0.2) is 21.6 Å². The highest BCUT2D eigenvalue weighted by molar-refractivity contribution is 7.89. The summed E-state index contributed by atoms with van der Waals surface area (Å²) in [5.74, 6) is 0.0362. The van der Waals surface area contributed by atoms with Gasteiger partial charge in [0.25, 0.3) is 0 Å². The summed E-state index contributed by atoms with van der Waals surface area (Å²) >= 11 is 0. The van der Waals surface area contributed by atoms with Gasteiger partial charge in [-0.2, -0.15) is 4.31 Å². The predicted octanol–water partition coefficient (Wildman–Crippen LogP) is 0.173. The number of nitrogens with zero attached hydrogens (tertiary/aromatic N) is 2. The summed E-state index contributed by atoms with van der Waals surface area (Å²) in [7, 11) is -6.75. The molecule has 120 valence electrons. The van der Waals surface area contributed by atoms with Gasteiger partial charge in [-0.1, -0.05) is 13.0 Å². The molecule has 0 spiro atoms. The van der Waals surface area contributed by atoms with E-state index in [1.54, 1.807) is 31.5 Å². The molecule has 0 aliphatic heterocycles. The van der Waals surface area contributed by atoms with Gasteiger partial charge < -0.3 is 0 Å². The van der Waals surface area contributed by atoms with Gasteiger partial charge in [-0.05, 0) is 18.1 Å². The van der Waals surface area contributed by atoms with Crippen LogP contribution in [-0.2, 0) is 26.6 Å². The summed E-state index contributed by atoms with van der Waals surface area (Å²) in [5.41, 5.74) is 0.749. The molecule has 7 nitrogen and oxygen atoms in total. The van der Waals surface area contributed by atoms with Crippen molar-refractivity contribution >= 4 is 20.0 Å². The van der Waals surface area contributed by atoms with Crippen LogP contribution in [-0.4, -0.2) is 51.2 Å². The number of hydrogen-bond acceptors (Lipinski definition) is 5. The zero-order valence-electron chi connectivity index (χ0n) is 12.2. The van der Waals surface area contributed by atoms with Crippen molar-refractivity contribution in [3.63, 3.8) is 0 Å². The van der Waals surface area contributed by atoms with Crippen molar-refractivity contribution in [1.82, 2.24) is 14.0 Å².